The van der Waals surface area contributed by atoms with Gasteiger partial charge in [-0.1, -0.05) is 6.42 Å². The number of nitrogens with zero attached hydrogens (tertiary/aromatic N) is 1. The highest BCUT2D eigenvalue weighted by Gasteiger charge is 2.18. The van der Waals surface area contributed by atoms with Crippen LogP contribution in [-0.2, 0) is 17.8 Å². The van der Waals surface area contributed by atoms with Crippen LogP contribution in [-0.4, -0.2) is 22.6 Å². The van der Waals surface area contributed by atoms with Crippen molar-refractivity contribution < 1.29 is 9.90 Å². The number of aryl methyl sites for hydroxylation is 2. The second-order valence-electron chi connectivity index (χ2n) is 5.01. The second-order valence-corrected chi connectivity index (χ2v) is 5.01. The number of nitrogens with one attached hydrogen (secondary N) is 1. The van der Waals surface area contributed by atoms with E-state index in [4.69, 9.17) is 0 Å². The zero-order chi connectivity index (χ0) is 13.0. The van der Waals surface area contributed by atoms with Crippen LogP contribution in [0.5, 0.6) is 0 Å². The van der Waals surface area contributed by atoms with Crippen molar-refractivity contribution in [3.05, 3.63) is 23.5 Å². The van der Waals surface area contributed by atoms with E-state index in [0.717, 1.165) is 44.2 Å². The summed E-state index contributed by atoms with van der Waals surface area (Å²) in [6.07, 6.45) is 9.47. The maximum absolute atomic E-state index is 11.1. The first-order chi connectivity index (χ1) is 8.70. The molecule has 2 rings (SSSR count). The highest BCUT2D eigenvalue weighted by atomic mass is 16.3. The Morgan fingerprint density at radius 3 is 3.11 bits per heavy atom. The molecule has 1 aliphatic carbocycles. The molecule has 0 fully saturated rings. The number of carbonyl (C=O) groups is 1. The van der Waals surface area contributed by atoms with Gasteiger partial charge in [0, 0.05) is 38.0 Å². The van der Waals surface area contributed by atoms with Crippen molar-refractivity contribution in [1.82, 2.24) is 9.88 Å². The van der Waals surface area contributed by atoms with E-state index >= 15 is 0 Å². The Morgan fingerprint density at radius 1 is 1.50 bits per heavy atom. The molecule has 0 aliphatic heterocycles. The van der Waals surface area contributed by atoms with Crippen LogP contribution in [0.3, 0.4) is 0 Å². The van der Waals surface area contributed by atoms with Gasteiger partial charge in [0.15, 0.2) is 0 Å². The van der Waals surface area contributed by atoms with Crippen molar-refractivity contribution in [2.24, 2.45) is 0 Å². The molecule has 0 spiro atoms. The molecule has 0 radical (unpaired) electrons. The van der Waals surface area contributed by atoms with Crippen LogP contribution < -0.4 is 5.32 Å². The van der Waals surface area contributed by atoms with Crippen molar-refractivity contribution in [2.75, 3.05) is 7.05 Å². The summed E-state index contributed by atoms with van der Waals surface area (Å²) in [5.74, 6) is 0.0868. The molecular formula is C14H22N2O2. The Hall–Kier alpha value is -1.29. The Kier molecular flexibility index (Phi) is 4.42. The van der Waals surface area contributed by atoms with Gasteiger partial charge in [0.05, 0.1) is 6.10 Å². The number of aliphatic hydroxyl groups is 1. The van der Waals surface area contributed by atoms with E-state index in [1.54, 1.807) is 7.05 Å². The van der Waals surface area contributed by atoms with Gasteiger partial charge in [-0.3, -0.25) is 4.79 Å². The number of hydrogen-bond donors (Lipinski definition) is 2. The molecule has 4 nitrogen and oxygen atoms in total. The molecule has 1 atom stereocenters. The Morgan fingerprint density at radius 2 is 2.33 bits per heavy atom. The van der Waals surface area contributed by atoms with Gasteiger partial charge in [-0.2, -0.15) is 0 Å². The van der Waals surface area contributed by atoms with E-state index in [1.165, 1.54) is 5.56 Å². The third kappa shape index (κ3) is 3.13. The molecule has 4 heteroatoms. The van der Waals surface area contributed by atoms with Crippen molar-refractivity contribution in [2.45, 2.75) is 51.2 Å². The molecule has 1 aromatic heterocycles. The van der Waals surface area contributed by atoms with Crippen molar-refractivity contribution in [1.29, 1.82) is 0 Å². The molecule has 1 unspecified atom stereocenters. The van der Waals surface area contributed by atoms with Crippen molar-refractivity contribution in [3.8, 4) is 0 Å². The molecule has 1 aromatic rings. The molecule has 0 saturated heterocycles. The van der Waals surface area contributed by atoms with Gasteiger partial charge in [0.1, 0.15) is 0 Å². The molecule has 1 aliphatic rings. The summed E-state index contributed by atoms with van der Waals surface area (Å²) in [7, 11) is 1.66. The van der Waals surface area contributed by atoms with Crippen LogP contribution >= 0.6 is 0 Å². The first kappa shape index (κ1) is 13.1. The monoisotopic (exact) mass is 250 g/mol. The lowest BCUT2D eigenvalue weighted by Gasteiger charge is -2.06. The lowest BCUT2D eigenvalue weighted by Crippen LogP contribution is -2.17. The van der Waals surface area contributed by atoms with Gasteiger partial charge < -0.3 is 15.0 Å². The van der Waals surface area contributed by atoms with Gasteiger partial charge in [0.2, 0.25) is 5.91 Å². The predicted molar refractivity (Wildman–Crippen MR) is 70.2 cm³/mol. The van der Waals surface area contributed by atoms with Crippen LogP contribution in [0.2, 0.25) is 0 Å². The fourth-order valence-corrected chi connectivity index (χ4v) is 2.57. The summed E-state index contributed by atoms with van der Waals surface area (Å²) in [5, 5.41) is 12.7. The third-order valence-corrected chi connectivity index (χ3v) is 3.63. The summed E-state index contributed by atoms with van der Waals surface area (Å²) in [5.41, 5.74) is 2.37. The second kappa shape index (κ2) is 6.05. The van der Waals surface area contributed by atoms with E-state index < -0.39 is 0 Å². The smallest absolute Gasteiger partial charge is 0.219 e. The van der Waals surface area contributed by atoms with Crippen LogP contribution in [0.25, 0.3) is 0 Å². The molecule has 2 N–H and O–H groups in total. The maximum atomic E-state index is 11.1. The first-order valence-electron chi connectivity index (χ1n) is 6.78. The highest BCUT2D eigenvalue weighted by molar-refractivity contribution is 5.75. The maximum Gasteiger partial charge on any atom is 0.219 e. The minimum atomic E-state index is -0.303. The Labute approximate surface area is 108 Å². The summed E-state index contributed by atoms with van der Waals surface area (Å²) in [4.78, 5) is 11.1. The van der Waals surface area contributed by atoms with Crippen LogP contribution in [0, 0.1) is 0 Å². The van der Waals surface area contributed by atoms with E-state index in [0.29, 0.717) is 6.42 Å². The summed E-state index contributed by atoms with van der Waals surface area (Å²) in [6.45, 7) is 0.840. The fourth-order valence-electron chi connectivity index (χ4n) is 2.57. The minimum absolute atomic E-state index is 0.0868. The van der Waals surface area contributed by atoms with Crippen molar-refractivity contribution in [3.63, 3.8) is 0 Å². The molecule has 0 saturated carbocycles. The topological polar surface area (TPSA) is 54.3 Å². The molecule has 1 amide bonds. The number of fused-ring (bicyclic) bond motifs is 1. The normalized spacial score (nSPS) is 19.1. The average molecular weight is 250 g/mol. The van der Waals surface area contributed by atoms with Crippen molar-refractivity contribution >= 4 is 5.91 Å². The number of rotatable bonds is 4. The lowest BCUT2D eigenvalue weighted by atomic mass is 10.1. The number of aromatic nitrogens is 1. The van der Waals surface area contributed by atoms with E-state index in [1.807, 2.05) is 0 Å². The highest BCUT2D eigenvalue weighted by Crippen LogP contribution is 2.29. The molecule has 18 heavy (non-hydrogen) atoms. The van der Waals surface area contributed by atoms with Gasteiger partial charge in [0.25, 0.3) is 0 Å². The van der Waals surface area contributed by atoms with Gasteiger partial charge in [-0.15, -0.1) is 0 Å². The van der Waals surface area contributed by atoms with E-state index in [2.05, 4.69) is 22.3 Å². The molecule has 100 valence electrons. The van der Waals surface area contributed by atoms with Crippen LogP contribution in [0.1, 0.15) is 49.3 Å². The summed E-state index contributed by atoms with van der Waals surface area (Å²) in [6, 6.07) is 0. The van der Waals surface area contributed by atoms with Crippen LogP contribution in [0.15, 0.2) is 12.4 Å². The van der Waals surface area contributed by atoms with Gasteiger partial charge >= 0.3 is 0 Å². The molecule has 0 aromatic carbocycles. The molecule has 0 bridgehead atoms. The lowest BCUT2D eigenvalue weighted by molar-refractivity contribution is -0.120. The summed E-state index contributed by atoms with van der Waals surface area (Å²) < 4.78 is 2.11. The third-order valence-electron chi connectivity index (χ3n) is 3.63. The van der Waals surface area contributed by atoms with Crippen LogP contribution in [0.4, 0.5) is 0 Å². The minimum Gasteiger partial charge on any atom is -0.388 e. The first-order valence-corrected chi connectivity index (χ1v) is 6.78. The molecular weight excluding hydrogens is 228 g/mol. The number of carbonyl (C=O) groups excluding carboxylic acids is 1. The van der Waals surface area contributed by atoms with E-state index in [-0.39, 0.29) is 12.0 Å². The SMILES string of the molecule is CNC(=O)CCCn1cc2c(c1)C(O)CCCC2. The largest absolute Gasteiger partial charge is 0.388 e. The van der Waals surface area contributed by atoms with E-state index in [9.17, 15) is 9.90 Å². The molecule has 1 heterocycles. The number of amides is 1. The Bertz CT molecular complexity index is 412. The van der Waals surface area contributed by atoms with Gasteiger partial charge in [-0.25, -0.2) is 0 Å². The zero-order valence-corrected chi connectivity index (χ0v) is 11.0. The van der Waals surface area contributed by atoms with Gasteiger partial charge in [-0.05, 0) is 31.2 Å². The average Bonchev–Trinajstić information content (AvgIpc) is 2.70. The number of hydrogen-bond acceptors (Lipinski definition) is 2. The quantitative estimate of drug-likeness (QED) is 0.800. The zero-order valence-electron chi connectivity index (χ0n) is 11.0. The standard InChI is InChI=1S/C14H22N2O2/c1-15-14(18)7-4-8-16-9-11-5-2-3-6-13(17)12(11)10-16/h9-10,13,17H,2-8H2,1H3,(H,15,18). The number of aliphatic hydroxyl groups excluding tert-OH is 1. The summed E-state index contributed by atoms with van der Waals surface area (Å²) >= 11 is 0. The fraction of sp³-hybridized carbons (Fsp3) is 0.643. The predicted octanol–water partition coefficient (Wildman–Crippen LogP) is 1.77. The Balaban J connectivity index is 1.95.